The van der Waals surface area contributed by atoms with Gasteiger partial charge in [-0.3, -0.25) is 8.74 Å². The van der Waals surface area contributed by atoms with Crippen LogP contribution in [0.4, 0.5) is 0 Å². The summed E-state index contributed by atoms with van der Waals surface area (Å²) in [7, 11) is 0. The fourth-order valence-electron chi connectivity index (χ4n) is 0.319. The van der Waals surface area contributed by atoms with E-state index >= 15 is 0 Å². The lowest BCUT2D eigenvalue weighted by molar-refractivity contribution is 0.304. The standard InChI is InChI=1S/C4H7NO4S/c6-4-5-2-1-3-9-10(7)8/h1-3H2,(H,7,8). The minimum Gasteiger partial charge on any atom is -0.284 e. The van der Waals surface area contributed by atoms with Gasteiger partial charge in [0.05, 0.1) is 13.2 Å². The van der Waals surface area contributed by atoms with Gasteiger partial charge in [-0.05, 0) is 6.42 Å². The molecule has 0 amide bonds. The summed E-state index contributed by atoms with van der Waals surface area (Å²) in [5.74, 6) is 0. The zero-order valence-corrected chi connectivity index (χ0v) is 5.97. The first kappa shape index (κ1) is 9.45. The Morgan fingerprint density at radius 2 is 2.40 bits per heavy atom. The molecule has 0 aromatic carbocycles. The summed E-state index contributed by atoms with van der Waals surface area (Å²) >= 11 is -2.21. The van der Waals surface area contributed by atoms with Crippen LogP contribution in [0.5, 0.6) is 0 Å². The molecular formula is C4H7NO4S. The van der Waals surface area contributed by atoms with Gasteiger partial charge in [-0.1, -0.05) is 0 Å². The zero-order chi connectivity index (χ0) is 7.82. The maximum Gasteiger partial charge on any atom is 0.301 e. The van der Waals surface area contributed by atoms with Crippen molar-refractivity contribution >= 4 is 17.4 Å². The van der Waals surface area contributed by atoms with Gasteiger partial charge in [-0.2, -0.15) is 4.21 Å². The highest BCUT2D eigenvalue weighted by molar-refractivity contribution is 7.74. The lowest BCUT2D eigenvalue weighted by atomic mass is 10.5. The fourth-order valence-corrected chi connectivity index (χ4v) is 0.580. The normalized spacial score (nSPS) is 12.1. The molecule has 0 bridgehead atoms. The van der Waals surface area contributed by atoms with E-state index in [0.29, 0.717) is 6.42 Å². The van der Waals surface area contributed by atoms with Crippen molar-refractivity contribution < 1.29 is 17.7 Å². The van der Waals surface area contributed by atoms with Crippen molar-refractivity contribution in [3.8, 4) is 0 Å². The van der Waals surface area contributed by atoms with E-state index in [9.17, 15) is 9.00 Å². The molecule has 0 aromatic rings. The summed E-state index contributed by atoms with van der Waals surface area (Å²) < 4.78 is 22.1. The highest BCUT2D eigenvalue weighted by atomic mass is 32.2. The van der Waals surface area contributed by atoms with Gasteiger partial charge in [0.25, 0.3) is 0 Å². The third-order valence-electron chi connectivity index (χ3n) is 0.663. The van der Waals surface area contributed by atoms with Crippen LogP contribution in [0.15, 0.2) is 4.99 Å². The molecule has 0 saturated carbocycles. The highest BCUT2D eigenvalue weighted by Gasteiger charge is 1.90. The Labute approximate surface area is 60.6 Å². The molecule has 1 unspecified atom stereocenters. The average molecular weight is 165 g/mol. The molecule has 0 saturated heterocycles. The van der Waals surface area contributed by atoms with Crippen LogP contribution < -0.4 is 0 Å². The van der Waals surface area contributed by atoms with Crippen LogP contribution in [0.3, 0.4) is 0 Å². The van der Waals surface area contributed by atoms with Crippen LogP contribution in [0.2, 0.25) is 0 Å². The minimum absolute atomic E-state index is 0.119. The Kier molecular flexibility index (Phi) is 6.21. The van der Waals surface area contributed by atoms with Gasteiger partial charge in [0, 0.05) is 0 Å². The SMILES string of the molecule is O=C=NCCCOS(=O)O. The second-order valence-corrected chi connectivity index (χ2v) is 2.04. The van der Waals surface area contributed by atoms with E-state index in [0.717, 1.165) is 0 Å². The Hall–Kier alpha value is -0.550. The first-order chi connectivity index (χ1) is 4.77. The first-order valence-electron chi connectivity index (χ1n) is 2.55. The molecule has 1 N–H and O–H groups in total. The Morgan fingerprint density at radius 1 is 1.70 bits per heavy atom. The molecule has 0 rings (SSSR count). The fraction of sp³-hybridized carbons (Fsp3) is 0.750. The van der Waals surface area contributed by atoms with Gasteiger partial charge in [-0.15, -0.1) is 0 Å². The molecule has 0 aliphatic heterocycles. The van der Waals surface area contributed by atoms with Crippen molar-refractivity contribution in [2.45, 2.75) is 6.42 Å². The lowest BCUT2D eigenvalue weighted by Gasteiger charge is -1.92. The van der Waals surface area contributed by atoms with E-state index in [2.05, 4.69) is 9.18 Å². The molecule has 6 heteroatoms. The maximum atomic E-state index is 9.81. The largest absolute Gasteiger partial charge is 0.301 e. The predicted octanol–water partition coefficient (Wildman–Crippen LogP) is -0.134. The second-order valence-electron chi connectivity index (χ2n) is 1.37. The number of isocyanates is 1. The molecule has 10 heavy (non-hydrogen) atoms. The maximum absolute atomic E-state index is 9.81. The Morgan fingerprint density at radius 3 is 2.90 bits per heavy atom. The highest BCUT2D eigenvalue weighted by Crippen LogP contribution is 1.84. The molecule has 1 atom stereocenters. The molecule has 0 radical (unpaired) electrons. The molecular weight excluding hydrogens is 158 g/mol. The van der Waals surface area contributed by atoms with Crippen LogP contribution in [0.25, 0.3) is 0 Å². The summed E-state index contributed by atoms with van der Waals surface area (Å²) in [6, 6.07) is 0. The summed E-state index contributed by atoms with van der Waals surface area (Å²) in [5.41, 5.74) is 0. The first-order valence-corrected chi connectivity index (χ1v) is 3.58. The minimum atomic E-state index is -2.21. The predicted molar refractivity (Wildman–Crippen MR) is 34.3 cm³/mol. The van der Waals surface area contributed by atoms with Gasteiger partial charge in [0.2, 0.25) is 6.08 Å². The van der Waals surface area contributed by atoms with Gasteiger partial charge >= 0.3 is 11.4 Å². The van der Waals surface area contributed by atoms with E-state index in [1.54, 1.807) is 0 Å². The number of rotatable bonds is 5. The number of hydrogen-bond acceptors (Lipinski definition) is 4. The number of nitrogens with zero attached hydrogens (tertiary/aromatic N) is 1. The zero-order valence-electron chi connectivity index (χ0n) is 5.15. The molecule has 0 heterocycles. The third-order valence-corrected chi connectivity index (χ3v) is 1.03. The van der Waals surface area contributed by atoms with Crippen LogP contribution in [-0.4, -0.2) is 28.0 Å². The quantitative estimate of drug-likeness (QED) is 0.266. The Balaban J connectivity index is 3.05. The number of carbonyl (C=O) groups excluding carboxylic acids is 1. The molecule has 58 valence electrons. The average Bonchev–Trinajstić information content (AvgIpc) is 1.87. The van der Waals surface area contributed by atoms with Crippen LogP contribution in [0, 0.1) is 0 Å². The van der Waals surface area contributed by atoms with E-state index in [-0.39, 0.29) is 13.2 Å². The van der Waals surface area contributed by atoms with Crippen molar-refractivity contribution in [3.63, 3.8) is 0 Å². The topological polar surface area (TPSA) is 76.0 Å². The third kappa shape index (κ3) is 7.45. The van der Waals surface area contributed by atoms with Crippen molar-refractivity contribution in [1.82, 2.24) is 0 Å². The van der Waals surface area contributed by atoms with E-state index in [1.807, 2.05) is 0 Å². The molecule has 0 aromatic heterocycles. The summed E-state index contributed by atoms with van der Waals surface area (Å²) in [4.78, 5) is 12.7. The van der Waals surface area contributed by atoms with Crippen molar-refractivity contribution in [1.29, 1.82) is 0 Å². The lowest BCUT2D eigenvalue weighted by Crippen LogP contribution is -1.98. The summed E-state index contributed by atoms with van der Waals surface area (Å²) in [6.45, 7) is 0.398. The molecule has 0 aliphatic rings. The Bertz CT molecular complexity index is 149. The van der Waals surface area contributed by atoms with Gasteiger partial charge in [0.1, 0.15) is 0 Å². The monoisotopic (exact) mass is 165 g/mol. The summed E-state index contributed by atoms with van der Waals surface area (Å²) in [5, 5.41) is 0. The van der Waals surface area contributed by atoms with Crippen molar-refractivity contribution in [2.24, 2.45) is 4.99 Å². The van der Waals surface area contributed by atoms with Gasteiger partial charge in [0.15, 0.2) is 0 Å². The number of aliphatic imine (C=N–C) groups is 1. The molecule has 0 spiro atoms. The van der Waals surface area contributed by atoms with E-state index in [4.69, 9.17) is 4.55 Å². The van der Waals surface area contributed by atoms with Crippen LogP contribution in [0.1, 0.15) is 6.42 Å². The van der Waals surface area contributed by atoms with Gasteiger partial charge < -0.3 is 0 Å². The molecule has 0 aliphatic carbocycles. The second kappa shape index (κ2) is 6.57. The van der Waals surface area contributed by atoms with Gasteiger partial charge in [-0.25, -0.2) is 9.79 Å². The smallest absolute Gasteiger partial charge is 0.284 e. The van der Waals surface area contributed by atoms with Crippen molar-refractivity contribution in [2.75, 3.05) is 13.2 Å². The molecule has 0 fully saturated rings. The van der Waals surface area contributed by atoms with Crippen LogP contribution in [-0.2, 0) is 20.3 Å². The van der Waals surface area contributed by atoms with E-state index in [1.165, 1.54) is 6.08 Å². The van der Waals surface area contributed by atoms with E-state index < -0.39 is 11.4 Å². The summed E-state index contributed by atoms with van der Waals surface area (Å²) in [6.07, 6.45) is 1.78. The molecule has 5 nitrogen and oxygen atoms in total. The van der Waals surface area contributed by atoms with Crippen LogP contribution >= 0.6 is 0 Å². The number of hydrogen-bond donors (Lipinski definition) is 1. The van der Waals surface area contributed by atoms with Crippen molar-refractivity contribution in [3.05, 3.63) is 0 Å².